The van der Waals surface area contributed by atoms with Crippen molar-refractivity contribution in [2.24, 2.45) is 13.0 Å². The van der Waals surface area contributed by atoms with E-state index in [4.69, 9.17) is 0 Å². The molecule has 0 radical (unpaired) electrons. The van der Waals surface area contributed by atoms with Gasteiger partial charge in [-0.15, -0.1) is 0 Å². The topological polar surface area (TPSA) is 59.0 Å². The van der Waals surface area contributed by atoms with Crippen molar-refractivity contribution in [3.63, 3.8) is 0 Å². The Morgan fingerprint density at radius 3 is 2.28 bits per heavy atom. The zero-order valence-electron chi connectivity index (χ0n) is 16.8. The Morgan fingerprint density at radius 2 is 1.72 bits per heavy atom. The number of hydrogen-bond donors (Lipinski definition) is 2. The van der Waals surface area contributed by atoms with Gasteiger partial charge in [-0.3, -0.25) is 9.48 Å². The quantitative estimate of drug-likeness (QED) is 0.708. The van der Waals surface area contributed by atoms with E-state index in [9.17, 15) is 4.79 Å². The number of hydrogen-bond acceptors (Lipinski definition) is 3. The molecule has 3 aliphatic carbocycles. The molecule has 2 aromatic carbocycles. The fourth-order valence-electron chi connectivity index (χ4n) is 5.33. The number of aryl methyl sites for hydroxylation is 1. The van der Waals surface area contributed by atoms with Crippen LogP contribution in [0.4, 0.5) is 0 Å². The third-order valence-corrected chi connectivity index (χ3v) is 6.57. The number of aromatic nitrogens is 2. The van der Waals surface area contributed by atoms with Crippen LogP contribution in [0.2, 0.25) is 0 Å². The summed E-state index contributed by atoms with van der Waals surface area (Å²) in [7, 11) is 3.67. The van der Waals surface area contributed by atoms with Crippen molar-refractivity contribution in [2.75, 3.05) is 13.6 Å². The number of carbonyl (C=O) groups is 1. The van der Waals surface area contributed by atoms with E-state index in [2.05, 4.69) is 64.3 Å². The Balaban J connectivity index is 1.38. The van der Waals surface area contributed by atoms with Gasteiger partial charge in [0.1, 0.15) is 6.04 Å². The minimum Gasteiger partial charge on any atom is -0.354 e. The third-order valence-electron chi connectivity index (χ3n) is 6.57. The largest absolute Gasteiger partial charge is 0.354 e. The average Bonchev–Trinajstić information content (AvgIpc) is 3.18. The zero-order valence-corrected chi connectivity index (χ0v) is 16.8. The van der Waals surface area contributed by atoms with Crippen molar-refractivity contribution in [3.8, 4) is 0 Å². The lowest BCUT2D eigenvalue weighted by molar-refractivity contribution is -0.123. The first-order valence-corrected chi connectivity index (χ1v) is 10.3. The molecule has 5 heteroatoms. The van der Waals surface area contributed by atoms with E-state index < -0.39 is 0 Å². The summed E-state index contributed by atoms with van der Waals surface area (Å²) in [6.45, 7) is 0.682. The predicted octanol–water partition coefficient (Wildman–Crippen LogP) is 3.09. The Kier molecular flexibility index (Phi) is 4.47. The van der Waals surface area contributed by atoms with Crippen LogP contribution < -0.4 is 10.6 Å². The number of benzene rings is 2. The highest BCUT2D eigenvalue weighted by molar-refractivity contribution is 5.83. The fourth-order valence-corrected chi connectivity index (χ4v) is 5.33. The molecular weight excluding hydrogens is 360 g/mol. The first kappa shape index (κ1) is 18.1. The van der Waals surface area contributed by atoms with Crippen molar-refractivity contribution in [3.05, 3.63) is 88.7 Å². The number of rotatable bonds is 5. The second-order valence-electron chi connectivity index (χ2n) is 8.20. The van der Waals surface area contributed by atoms with Crippen LogP contribution in [0.25, 0.3) is 0 Å². The fraction of sp³-hybridized carbons (Fsp3) is 0.333. The molecule has 1 heterocycles. The lowest BCUT2D eigenvalue weighted by atomic mass is 9.59. The molecule has 2 bridgehead atoms. The standard InChI is InChI=1S/C24H26N4O/c1-25-23(16-13-27-28(2)14-16)24(29)26-12-15-11-21-17-7-3-5-9-19(17)22(15)20-10-6-4-8-18(20)21/h3-10,13-15,21-23,25H,11-12H2,1-2H3,(H,26,29). The van der Waals surface area contributed by atoms with Gasteiger partial charge in [0.25, 0.3) is 0 Å². The first-order valence-electron chi connectivity index (χ1n) is 10.3. The van der Waals surface area contributed by atoms with Crippen molar-refractivity contribution < 1.29 is 4.79 Å². The maximum absolute atomic E-state index is 12.9. The predicted molar refractivity (Wildman–Crippen MR) is 113 cm³/mol. The minimum absolute atomic E-state index is 0.00326. The molecule has 2 atom stereocenters. The van der Waals surface area contributed by atoms with Crippen molar-refractivity contribution >= 4 is 5.91 Å². The molecular formula is C24H26N4O. The second-order valence-corrected chi connectivity index (χ2v) is 8.20. The maximum Gasteiger partial charge on any atom is 0.241 e. The average molecular weight is 386 g/mol. The van der Waals surface area contributed by atoms with Crippen LogP contribution in [-0.4, -0.2) is 29.3 Å². The zero-order chi connectivity index (χ0) is 20.0. The van der Waals surface area contributed by atoms with Crippen LogP contribution in [0.15, 0.2) is 60.9 Å². The molecule has 0 saturated heterocycles. The van der Waals surface area contributed by atoms with Gasteiger partial charge in [0.05, 0.1) is 6.20 Å². The van der Waals surface area contributed by atoms with Crippen LogP contribution >= 0.6 is 0 Å². The molecule has 2 unspecified atom stereocenters. The summed E-state index contributed by atoms with van der Waals surface area (Å²) in [6.07, 6.45) is 4.71. The lowest BCUT2D eigenvalue weighted by Gasteiger charge is -2.45. The molecule has 6 rings (SSSR count). The Labute approximate surface area is 171 Å². The molecule has 5 nitrogen and oxygen atoms in total. The summed E-state index contributed by atoms with van der Waals surface area (Å²) in [5, 5.41) is 10.5. The number of amides is 1. The second kappa shape index (κ2) is 7.16. The molecule has 1 amide bonds. The number of carbonyl (C=O) groups excluding carboxylic acids is 1. The Hall–Kier alpha value is -2.92. The molecule has 2 N–H and O–H groups in total. The molecule has 3 aromatic rings. The monoisotopic (exact) mass is 386 g/mol. The van der Waals surface area contributed by atoms with Crippen LogP contribution in [0.5, 0.6) is 0 Å². The first-order chi connectivity index (χ1) is 14.2. The molecule has 0 fully saturated rings. The van der Waals surface area contributed by atoms with E-state index in [0.29, 0.717) is 24.3 Å². The normalized spacial score (nSPS) is 22.6. The highest BCUT2D eigenvalue weighted by atomic mass is 16.2. The summed E-state index contributed by atoms with van der Waals surface area (Å²) in [6, 6.07) is 17.3. The van der Waals surface area contributed by atoms with E-state index >= 15 is 0 Å². The number of fused-ring (bicyclic) bond motifs is 1. The van der Waals surface area contributed by atoms with Gasteiger partial charge in [-0.1, -0.05) is 48.5 Å². The van der Waals surface area contributed by atoms with E-state index in [-0.39, 0.29) is 11.9 Å². The summed E-state index contributed by atoms with van der Waals surface area (Å²) in [5.74, 6) is 1.18. The third kappa shape index (κ3) is 2.97. The van der Waals surface area contributed by atoms with Crippen LogP contribution in [0.3, 0.4) is 0 Å². The highest BCUT2D eigenvalue weighted by Crippen LogP contribution is 2.55. The summed E-state index contributed by atoms with van der Waals surface area (Å²) in [5.41, 5.74) is 6.66. The molecule has 29 heavy (non-hydrogen) atoms. The molecule has 0 spiro atoms. The van der Waals surface area contributed by atoms with Gasteiger partial charge in [0.2, 0.25) is 5.91 Å². The summed E-state index contributed by atoms with van der Waals surface area (Å²) >= 11 is 0. The summed E-state index contributed by atoms with van der Waals surface area (Å²) in [4.78, 5) is 12.9. The van der Waals surface area contributed by atoms with Gasteiger partial charge in [-0.2, -0.15) is 5.10 Å². The van der Waals surface area contributed by atoms with E-state index in [0.717, 1.165) is 12.0 Å². The minimum atomic E-state index is -0.385. The van der Waals surface area contributed by atoms with Crippen LogP contribution in [0, 0.1) is 5.92 Å². The highest BCUT2D eigenvalue weighted by Gasteiger charge is 2.43. The van der Waals surface area contributed by atoms with Crippen LogP contribution in [0.1, 0.15) is 52.1 Å². The van der Waals surface area contributed by atoms with Gasteiger partial charge < -0.3 is 10.6 Å². The Morgan fingerprint density at radius 1 is 1.10 bits per heavy atom. The van der Waals surface area contributed by atoms with Crippen molar-refractivity contribution in [2.45, 2.75) is 24.3 Å². The smallest absolute Gasteiger partial charge is 0.241 e. The Bertz CT molecular complexity index is 1010. The van der Waals surface area contributed by atoms with Crippen molar-refractivity contribution in [1.29, 1.82) is 0 Å². The van der Waals surface area contributed by atoms with Crippen LogP contribution in [-0.2, 0) is 11.8 Å². The van der Waals surface area contributed by atoms with Gasteiger partial charge in [0, 0.05) is 37.2 Å². The number of likely N-dealkylation sites (N-methyl/N-ethyl adjacent to an activating group) is 1. The van der Waals surface area contributed by atoms with E-state index in [1.165, 1.54) is 22.3 Å². The molecule has 1 aromatic heterocycles. The molecule has 0 saturated carbocycles. The molecule has 148 valence electrons. The molecule has 3 aliphatic rings. The van der Waals surface area contributed by atoms with E-state index in [1.807, 2.05) is 20.3 Å². The lowest BCUT2D eigenvalue weighted by Crippen LogP contribution is -2.42. The van der Waals surface area contributed by atoms with Gasteiger partial charge in [0.15, 0.2) is 0 Å². The number of nitrogens with one attached hydrogen (secondary N) is 2. The van der Waals surface area contributed by atoms with Gasteiger partial charge in [-0.25, -0.2) is 0 Å². The maximum atomic E-state index is 12.9. The van der Waals surface area contributed by atoms with Gasteiger partial charge in [-0.05, 0) is 41.6 Å². The summed E-state index contributed by atoms with van der Waals surface area (Å²) < 4.78 is 1.72. The SMILES string of the molecule is CNC(C(=O)NCC1CC2c3ccccc3C1c1ccccc12)c1cnn(C)c1. The van der Waals surface area contributed by atoms with E-state index in [1.54, 1.807) is 10.9 Å². The van der Waals surface area contributed by atoms with Gasteiger partial charge >= 0.3 is 0 Å². The van der Waals surface area contributed by atoms with Crippen molar-refractivity contribution in [1.82, 2.24) is 20.4 Å². The molecule has 0 aliphatic heterocycles. The number of nitrogens with zero attached hydrogens (tertiary/aromatic N) is 2.